The first-order valence-corrected chi connectivity index (χ1v) is 5.49. The number of nitrogens with two attached hydrogens (primary N) is 2. The summed E-state index contributed by atoms with van der Waals surface area (Å²) in [4.78, 5) is 11.4. The van der Waals surface area contributed by atoms with Crippen LogP contribution in [0.5, 0.6) is 0 Å². The van der Waals surface area contributed by atoms with Crippen molar-refractivity contribution in [2.45, 2.75) is 13.1 Å². The molecule has 1 aliphatic rings. The van der Waals surface area contributed by atoms with Gasteiger partial charge < -0.3 is 16.8 Å². The SMILES string of the molecule is C=C1C(=O)C(NCc2cc(CN)ccc2F)=C1N. The molecule has 1 aromatic carbocycles. The van der Waals surface area contributed by atoms with Gasteiger partial charge in [-0.25, -0.2) is 4.39 Å². The Bertz CT molecular complexity index is 563. The summed E-state index contributed by atoms with van der Waals surface area (Å²) in [7, 11) is 0. The second-order valence-corrected chi connectivity index (χ2v) is 4.08. The molecule has 94 valence electrons. The molecule has 0 saturated heterocycles. The fraction of sp³-hybridized carbons (Fsp3) is 0.154. The third kappa shape index (κ3) is 2.00. The largest absolute Gasteiger partial charge is 0.396 e. The van der Waals surface area contributed by atoms with Crippen molar-refractivity contribution in [3.05, 3.63) is 58.7 Å². The third-order valence-corrected chi connectivity index (χ3v) is 2.90. The summed E-state index contributed by atoms with van der Waals surface area (Å²) in [6.07, 6.45) is 0. The zero-order valence-corrected chi connectivity index (χ0v) is 9.79. The maximum atomic E-state index is 13.5. The molecule has 4 nitrogen and oxygen atoms in total. The molecule has 1 aromatic rings. The van der Waals surface area contributed by atoms with Crippen LogP contribution in [0, 0.1) is 5.82 Å². The van der Waals surface area contributed by atoms with Gasteiger partial charge in [0.15, 0.2) is 0 Å². The first-order valence-electron chi connectivity index (χ1n) is 5.49. The Morgan fingerprint density at radius 3 is 2.72 bits per heavy atom. The van der Waals surface area contributed by atoms with Crippen LogP contribution in [0.3, 0.4) is 0 Å². The normalized spacial score (nSPS) is 14.8. The molecular formula is C13H14FN3O. The van der Waals surface area contributed by atoms with Crippen LogP contribution < -0.4 is 16.8 Å². The summed E-state index contributed by atoms with van der Waals surface area (Å²) in [5.41, 5.74) is 13.3. The number of carbonyl (C=O) groups excluding carboxylic acids is 1. The predicted octanol–water partition coefficient (Wildman–Crippen LogP) is 0.683. The van der Waals surface area contributed by atoms with Crippen LogP contribution in [-0.2, 0) is 17.9 Å². The maximum Gasteiger partial charge on any atom is 0.212 e. The van der Waals surface area contributed by atoms with Crippen molar-refractivity contribution in [3.8, 4) is 0 Å². The molecule has 0 bridgehead atoms. The summed E-state index contributed by atoms with van der Waals surface area (Å²) in [6.45, 7) is 4.04. The van der Waals surface area contributed by atoms with Crippen molar-refractivity contribution in [3.63, 3.8) is 0 Å². The topological polar surface area (TPSA) is 81.1 Å². The average molecular weight is 247 g/mol. The standard InChI is InChI=1S/C13H14FN3O/c1-7-11(16)12(13(7)18)17-6-9-4-8(5-15)2-3-10(9)14/h2-4,17H,1,5-6,15-16H2. The lowest BCUT2D eigenvalue weighted by atomic mass is 9.93. The lowest BCUT2D eigenvalue weighted by Crippen LogP contribution is -2.35. The molecular weight excluding hydrogens is 233 g/mol. The first-order chi connectivity index (χ1) is 8.54. The number of ketones is 1. The first kappa shape index (κ1) is 12.3. The fourth-order valence-electron chi connectivity index (χ4n) is 1.73. The lowest BCUT2D eigenvalue weighted by Gasteiger charge is -2.22. The Labute approximate surface area is 104 Å². The molecule has 0 fully saturated rings. The average Bonchev–Trinajstić information content (AvgIpc) is 2.40. The molecule has 2 rings (SSSR count). The van der Waals surface area contributed by atoms with Crippen LogP contribution >= 0.6 is 0 Å². The fourth-order valence-corrected chi connectivity index (χ4v) is 1.73. The van der Waals surface area contributed by atoms with E-state index in [9.17, 15) is 9.18 Å². The molecule has 0 atom stereocenters. The molecule has 0 unspecified atom stereocenters. The van der Waals surface area contributed by atoms with Crippen molar-refractivity contribution >= 4 is 5.78 Å². The summed E-state index contributed by atoms with van der Waals surface area (Å²) < 4.78 is 13.5. The van der Waals surface area contributed by atoms with Crippen molar-refractivity contribution in [1.29, 1.82) is 0 Å². The molecule has 5 heteroatoms. The number of rotatable bonds is 4. The Hall–Kier alpha value is -2.14. The van der Waals surface area contributed by atoms with Gasteiger partial charge >= 0.3 is 0 Å². The van der Waals surface area contributed by atoms with Crippen LogP contribution in [0.4, 0.5) is 4.39 Å². The summed E-state index contributed by atoms with van der Waals surface area (Å²) in [6, 6.07) is 4.65. The zero-order chi connectivity index (χ0) is 13.3. The number of hydrogen-bond acceptors (Lipinski definition) is 4. The van der Waals surface area contributed by atoms with Crippen LogP contribution in [0.25, 0.3) is 0 Å². The Morgan fingerprint density at radius 1 is 1.39 bits per heavy atom. The number of allylic oxidation sites excluding steroid dienone is 2. The smallest absolute Gasteiger partial charge is 0.212 e. The Kier molecular flexibility index (Phi) is 3.16. The number of Topliss-reactive ketones (excluding diaryl/α,β-unsaturated/α-hetero) is 1. The highest BCUT2D eigenvalue weighted by Gasteiger charge is 2.29. The minimum atomic E-state index is -0.343. The summed E-state index contributed by atoms with van der Waals surface area (Å²) in [5.74, 6) is -0.563. The van der Waals surface area contributed by atoms with Gasteiger partial charge in [0.05, 0.1) is 5.70 Å². The van der Waals surface area contributed by atoms with E-state index in [4.69, 9.17) is 11.5 Å². The van der Waals surface area contributed by atoms with Crippen molar-refractivity contribution < 1.29 is 9.18 Å². The van der Waals surface area contributed by atoms with Crippen LogP contribution in [0.1, 0.15) is 11.1 Å². The van der Waals surface area contributed by atoms with Gasteiger partial charge in [0.2, 0.25) is 5.78 Å². The number of nitrogens with one attached hydrogen (secondary N) is 1. The molecule has 0 aromatic heterocycles. The lowest BCUT2D eigenvalue weighted by molar-refractivity contribution is -0.113. The van der Waals surface area contributed by atoms with Crippen molar-refractivity contribution in [1.82, 2.24) is 5.32 Å². The third-order valence-electron chi connectivity index (χ3n) is 2.90. The van der Waals surface area contributed by atoms with E-state index in [1.807, 2.05) is 0 Å². The molecule has 0 spiro atoms. The summed E-state index contributed by atoms with van der Waals surface area (Å²) >= 11 is 0. The maximum absolute atomic E-state index is 13.5. The number of hydrogen-bond donors (Lipinski definition) is 3. The van der Waals surface area contributed by atoms with Gasteiger partial charge in [-0.1, -0.05) is 12.6 Å². The van der Waals surface area contributed by atoms with Gasteiger partial charge in [-0.05, 0) is 17.7 Å². The molecule has 1 aliphatic carbocycles. The van der Waals surface area contributed by atoms with E-state index in [2.05, 4.69) is 11.9 Å². The highest BCUT2D eigenvalue weighted by atomic mass is 19.1. The van der Waals surface area contributed by atoms with E-state index in [0.29, 0.717) is 29.1 Å². The molecule has 0 radical (unpaired) electrons. The monoisotopic (exact) mass is 247 g/mol. The van der Waals surface area contributed by atoms with E-state index >= 15 is 0 Å². The van der Waals surface area contributed by atoms with E-state index in [1.165, 1.54) is 6.07 Å². The Morgan fingerprint density at radius 2 is 2.11 bits per heavy atom. The quantitative estimate of drug-likeness (QED) is 0.683. The Balaban J connectivity index is 2.12. The van der Waals surface area contributed by atoms with Gasteiger partial charge in [-0.3, -0.25) is 4.79 Å². The zero-order valence-electron chi connectivity index (χ0n) is 9.79. The van der Waals surface area contributed by atoms with Crippen LogP contribution in [0.15, 0.2) is 41.7 Å². The minimum Gasteiger partial charge on any atom is -0.396 e. The number of carbonyl (C=O) groups is 1. The molecule has 0 aliphatic heterocycles. The highest BCUT2D eigenvalue weighted by molar-refractivity contribution is 6.18. The van der Waals surface area contributed by atoms with E-state index in [1.54, 1.807) is 12.1 Å². The van der Waals surface area contributed by atoms with Gasteiger partial charge in [0.1, 0.15) is 11.5 Å². The van der Waals surface area contributed by atoms with Gasteiger partial charge in [0.25, 0.3) is 0 Å². The second-order valence-electron chi connectivity index (χ2n) is 4.08. The van der Waals surface area contributed by atoms with Crippen LogP contribution in [-0.4, -0.2) is 5.78 Å². The second kappa shape index (κ2) is 4.62. The highest BCUT2D eigenvalue weighted by Crippen LogP contribution is 2.22. The minimum absolute atomic E-state index is 0.189. The molecule has 5 N–H and O–H groups in total. The number of halogens is 1. The van der Waals surface area contributed by atoms with Gasteiger partial charge in [0, 0.05) is 24.2 Å². The number of benzene rings is 1. The van der Waals surface area contributed by atoms with Gasteiger partial charge in [-0.2, -0.15) is 0 Å². The summed E-state index contributed by atoms with van der Waals surface area (Å²) in [5, 5.41) is 2.82. The molecule has 18 heavy (non-hydrogen) atoms. The van der Waals surface area contributed by atoms with E-state index in [0.717, 1.165) is 5.56 Å². The van der Waals surface area contributed by atoms with E-state index in [-0.39, 0.29) is 18.1 Å². The van der Waals surface area contributed by atoms with Crippen molar-refractivity contribution in [2.75, 3.05) is 0 Å². The van der Waals surface area contributed by atoms with Gasteiger partial charge in [-0.15, -0.1) is 0 Å². The molecule has 0 saturated carbocycles. The predicted molar refractivity (Wildman–Crippen MR) is 66.5 cm³/mol. The van der Waals surface area contributed by atoms with Crippen molar-refractivity contribution in [2.24, 2.45) is 11.5 Å². The molecule has 0 heterocycles. The molecule has 0 amide bonds. The van der Waals surface area contributed by atoms with Crippen LogP contribution in [0.2, 0.25) is 0 Å². The van der Waals surface area contributed by atoms with E-state index < -0.39 is 0 Å².